The minimum atomic E-state index is -0.891. The van der Waals surface area contributed by atoms with E-state index in [9.17, 15) is 4.79 Å². The van der Waals surface area contributed by atoms with Gasteiger partial charge in [-0.15, -0.1) is 0 Å². The number of hydrogen-bond acceptors (Lipinski definition) is 1. The van der Waals surface area contributed by atoms with Crippen molar-refractivity contribution in [2.75, 3.05) is 0 Å². The normalized spacial score (nSPS) is 10.8. The predicted octanol–water partition coefficient (Wildman–Crippen LogP) is 4.03. The van der Waals surface area contributed by atoms with Crippen LogP contribution in [0.5, 0.6) is 0 Å². The maximum absolute atomic E-state index is 11.1. The molecule has 3 aromatic rings. The van der Waals surface area contributed by atoms with Gasteiger partial charge in [-0.1, -0.05) is 30.3 Å². The van der Waals surface area contributed by atoms with Crippen molar-refractivity contribution in [1.82, 2.24) is 4.57 Å². The van der Waals surface area contributed by atoms with E-state index < -0.39 is 5.97 Å². The molecular weight excluding hydrogens is 250 g/mol. The highest BCUT2D eigenvalue weighted by molar-refractivity contribution is 5.95. The molecule has 0 bridgehead atoms. The van der Waals surface area contributed by atoms with Crippen LogP contribution in [0.25, 0.3) is 22.2 Å². The maximum Gasteiger partial charge on any atom is 0.335 e. The summed E-state index contributed by atoms with van der Waals surface area (Å²) in [5.74, 6) is -0.891. The van der Waals surface area contributed by atoms with Gasteiger partial charge in [0.15, 0.2) is 0 Å². The van der Waals surface area contributed by atoms with Crippen LogP contribution in [0.3, 0.4) is 0 Å². The summed E-state index contributed by atoms with van der Waals surface area (Å²) in [6.45, 7) is 2.94. The molecule has 0 saturated heterocycles. The molecule has 20 heavy (non-hydrogen) atoms. The number of benzene rings is 2. The van der Waals surface area contributed by atoms with Crippen LogP contribution in [-0.4, -0.2) is 15.6 Å². The Bertz CT molecular complexity index is 772. The Morgan fingerprint density at radius 2 is 1.85 bits per heavy atom. The molecule has 3 nitrogen and oxygen atoms in total. The molecule has 0 unspecified atom stereocenters. The molecule has 1 heterocycles. The summed E-state index contributed by atoms with van der Waals surface area (Å²) in [7, 11) is 0. The van der Waals surface area contributed by atoms with Crippen LogP contribution in [0.2, 0.25) is 0 Å². The Hall–Kier alpha value is -2.55. The van der Waals surface area contributed by atoms with Crippen LogP contribution in [0.15, 0.2) is 54.6 Å². The van der Waals surface area contributed by atoms with Gasteiger partial charge in [-0.2, -0.15) is 0 Å². The Kier molecular flexibility index (Phi) is 3.03. The molecule has 0 spiro atoms. The summed E-state index contributed by atoms with van der Waals surface area (Å²) in [4.78, 5) is 11.1. The van der Waals surface area contributed by atoms with Gasteiger partial charge in [0.25, 0.3) is 0 Å². The number of fused-ring (bicyclic) bond motifs is 1. The molecular formula is C17H15NO2. The number of aromatic carboxylic acids is 1. The standard InChI is InChI=1S/C17H15NO2/c1-2-18-15-9-8-13(17(19)20)10-14(15)11-16(18)12-6-4-3-5-7-12/h3-11H,2H2,1H3,(H,19,20). The fourth-order valence-corrected chi connectivity index (χ4v) is 2.59. The van der Waals surface area contributed by atoms with Crippen molar-refractivity contribution in [3.05, 3.63) is 60.2 Å². The summed E-state index contributed by atoms with van der Waals surface area (Å²) in [5.41, 5.74) is 3.65. The number of carboxylic acids is 1. The summed E-state index contributed by atoms with van der Waals surface area (Å²) < 4.78 is 2.20. The van der Waals surface area contributed by atoms with Crippen LogP contribution in [-0.2, 0) is 6.54 Å². The lowest BCUT2D eigenvalue weighted by Crippen LogP contribution is -1.98. The van der Waals surface area contributed by atoms with Gasteiger partial charge in [0.05, 0.1) is 5.56 Å². The van der Waals surface area contributed by atoms with E-state index in [2.05, 4.69) is 29.7 Å². The number of carboxylic acid groups (broad SMARTS) is 1. The Morgan fingerprint density at radius 3 is 2.50 bits per heavy atom. The Morgan fingerprint density at radius 1 is 1.10 bits per heavy atom. The van der Waals surface area contributed by atoms with E-state index in [4.69, 9.17) is 5.11 Å². The van der Waals surface area contributed by atoms with Crippen molar-refractivity contribution < 1.29 is 9.90 Å². The summed E-state index contributed by atoms with van der Waals surface area (Å²) in [6.07, 6.45) is 0. The molecule has 2 aromatic carbocycles. The van der Waals surface area contributed by atoms with Gasteiger partial charge in [0.1, 0.15) is 0 Å². The van der Waals surface area contributed by atoms with E-state index in [1.54, 1.807) is 12.1 Å². The third-order valence-electron chi connectivity index (χ3n) is 3.53. The third kappa shape index (κ3) is 1.97. The molecule has 3 heteroatoms. The van der Waals surface area contributed by atoms with E-state index in [0.29, 0.717) is 5.56 Å². The lowest BCUT2D eigenvalue weighted by atomic mass is 10.1. The zero-order valence-electron chi connectivity index (χ0n) is 11.2. The molecule has 1 aromatic heterocycles. The Labute approximate surface area is 117 Å². The summed E-state index contributed by atoms with van der Waals surface area (Å²) in [6, 6.07) is 17.5. The van der Waals surface area contributed by atoms with Crippen LogP contribution >= 0.6 is 0 Å². The maximum atomic E-state index is 11.1. The molecule has 3 rings (SSSR count). The Balaban J connectivity index is 2.25. The number of rotatable bonds is 3. The lowest BCUT2D eigenvalue weighted by molar-refractivity contribution is 0.0697. The van der Waals surface area contributed by atoms with E-state index in [1.165, 1.54) is 0 Å². The molecule has 0 amide bonds. The van der Waals surface area contributed by atoms with Crippen molar-refractivity contribution in [1.29, 1.82) is 0 Å². The molecule has 0 aliphatic heterocycles. The molecule has 0 saturated carbocycles. The minimum Gasteiger partial charge on any atom is -0.478 e. The highest BCUT2D eigenvalue weighted by atomic mass is 16.4. The first-order valence-corrected chi connectivity index (χ1v) is 6.62. The average Bonchev–Trinajstić information content (AvgIpc) is 2.85. The highest BCUT2D eigenvalue weighted by Gasteiger charge is 2.11. The van der Waals surface area contributed by atoms with Crippen molar-refractivity contribution in [3.63, 3.8) is 0 Å². The summed E-state index contributed by atoms with van der Waals surface area (Å²) >= 11 is 0. The molecule has 0 aliphatic carbocycles. The monoisotopic (exact) mass is 265 g/mol. The fourth-order valence-electron chi connectivity index (χ4n) is 2.59. The molecule has 0 atom stereocenters. The SMILES string of the molecule is CCn1c(-c2ccccc2)cc2cc(C(=O)O)ccc21. The first-order valence-electron chi connectivity index (χ1n) is 6.62. The van der Waals surface area contributed by atoms with E-state index in [0.717, 1.165) is 28.7 Å². The second-order valence-corrected chi connectivity index (χ2v) is 4.72. The van der Waals surface area contributed by atoms with Gasteiger partial charge in [0.2, 0.25) is 0 Å². The zero-order chi connectivity index (χ0) is 14.1. The average molecular weight is 265 g/mol. The number of aryl methyl sites for hydroxylation is 1. The molecule has 0 aliphatic rings. The van der Waals surface area contributed by atoms with Gasteiger partial charge in [-0.05, 0) is 36.8 Å². The van der Waals surface area contributed by atoms with Gasteiger partial charge in [-0.25, -0.2) is 4.79 Å². The number of nitrogens with zero attached hydrogens (tertiary/aromatic N) is 1. The highest BCUT2D eigenvalue weighted by Crippen LogP contribution is 2.28. The van der Waals surface area contributed by atoms with Gasteiger partial charge in [0, 0.05) is 23.1 Å². The van der Waals surface area contributed by atoms with Gasteiger partial charge < -0.3 is 9.67 Å². The number of hydrogen-bond donors (Lipinski definition) is 1. The van der Waals surface area contributed by atoms with Crippen molar-refractivity contribution in [3.8, 4) is 11.3 Å². The second-order valence-electron chi connectivity index (χ2n) is 4.72. The van der Waals surface area contributed by atoms with Gasteiger partial charge >= 0.3 is 5.97 Å². The van der Waals surface area contributed by atoms with E-state index in [-0.39, 0.29) is 0 Å². The van der Waals surface area contributed by atoms with Gasteiger partial charge in [-0.3, -0.25) is 0 Å². The third-order valence-corrected chi connectivity index (χ3v) is 3.53. The molecule has 0 fully saturated rings. The predicted molar refractivity (Wildman–Crippen MR) is 80.0 cm³/mol. The largest absolute Gasteiger partial charge is 0.478 e. The van der Waals surface area contributed by atoms with Crippen molar-refractivity contribution in [2.24, 2.45) is 0 Å². The van der Waals surface area contributed by atoms with Crippen LogP contribution in [0.4, 0.5) is 0 Å². The van der Waals surface area contributed by atoms with Crippen LogP contribution in [0.1, 0.15) is 17.3 Å². The van der Waals surface area contributed by atoms with E-state index in [1.807, 2.05) is 24.3 Å². The second kappa shape index (κ2) is 4.85. The van der Waals surface area contributed by atoms with Crippen molar-refractivity contribution in [2.45, 2.75) is 13.5 Å². The minimum absolute atomic E-state index is 0.324. The molecule has 1 N–H and O–H groups in total. The lowest BCUT2D eigenvalue weighted by Gasteiger charge is -2.07. The summed E-state index contributed by atoms with van der Waals surface area (Å²) in [5, 5.41) is 10.1. The zero-order valence-corrected chi connectivity index (χ0v) is 11.2. The first-order chi connectivity index (χ1) is 9.70. The number of aromatic nitrogens is 1. The van der Waals surface area contributed by atoms with E-state index >= 15 is 0 Å². The quantitative estimate of drug-likeness (QED) is 0.777. The molecule has 100 valence electrons. The molecule has 0 radical (unpaired) electrons. The fraction of sp³-hybridized carbons (Fsp3) is 0.118. The number of carbonyl (C=O) groups is 1. The smallest absolute Gasteiger partial charge is 0.335 e. The first kappa shape index (κ1) is 12.5. The van der Waals surface area contributed by atoms with Crippen molar-refractivity contribution >= 4 is 16.9 Å². The van der Waals surface area contributed by atoms with Crippen LogP contribution in [0, 0.1) is 0 Å². The topological polar surface area (TPSA) is 42.2 Å². The van der Waals surface area contributed by atoms with Crippen LogP contribution < -0.4 is 0 Å².